The molecule has 0 aromatic carbocycles. The Bertz CT molecular complexity index is 191. The van der Waals surface area contributed by atoms with Crippen LogP contribution in [0.5, 0.6) is 0 Å². The molecule has 17 heavy (non-hydrogen) atoms. The van der Waals surface area contributed by atoms with Gasteiger partial charge in [0.1, 0.15) is 0 Å². The molecular formula is C14H30N2O. The van der Waals surface area contributed by atoms with Crippen LogP contribution >= 0.6 is 0 Å². The van der Waals surface area contributed by atoms with E-state index < -0.39 is 0 Å². The topological polar surface area (TPSA) is 44.3 Å². The van der Waals surface area contributed by atoms with Gasteiger partial charge in [-0.25, -0.2) is 0 Å². The molecule has 3 nitrogen and oxygen atoms in total. The summed E-state index contributed by atoms with van der Waals surface area (Å²) in [5.74, 6) is 0.587. The standard InChI is InChI=1S/C14H30N2O/c1-11(2)14(7-9-17)16-12(3)10-13-6-4-5-8-15-13/h11-17H,4-10H2,1-3H3. The molecule has 0 spiro atoms. The van der Waals surface area contributed by atoms with E-state index in [0.717, 1.165) is 6.42 Å². The maximum atomic E-state index is 9.07. The van der Waals surface area contributed by atoms with Crippen LogP contribution in [0.1, 0.15) is 52.9 Å². The van der Waals surface area contributed by atoms with E-state index >= 15 is 0 Å². The number of piperidine rings is 1. The molecule has 0 bridgehead atoms. The smallest absolute Gasteiger partial charge is 0.0445 e. The molecule has 0 saturated carbocycles. The molecule has 3 N–H and O–H groups in total. The van der Waals surface area contributed by atoms with Gasteiger partial charge in [0, 0.05) is 24.7 Å². The molecule has 1 saturated heterocycles. The Morgan fingerprint density at radius 1 is 1.29 bits per heavy atom. The van der Waals surface area contributed by atoms with Crippen LogP contribution in [-0.2, 0) is 0 Å². The largest absolute Gasteiger partial charge is 0.396 e. The van der Waals surface area contributed by atoms with Gasteiger partial charge in [-0.15, -0.1) is 0 Å². The first-order chi connectivity index (χ1) is 8.13. The van der Waals surface area contributed by atoms with Crippen molar-refractivity contribution in [2.75, 3.05) is 13.2 Å². The Labute approximate surface area is 106 Å². The van der Waals surface area contributed by atoms with E-state index in [0.29, 0.717) is 24.0 Å². The Morgan fingerprint density at radius 3 is 2.59 bits per heavy atom. The van der Waals surface area contributed by atoms with Gasteiger partial charge in [-0.2, -0.15) is 0 Å². The molecule has 1 aliphatic rings. The van der Waals surface area contributed by atoms with Gasteiger partial charge in [-0.05, 0) is 45.1 Å². The van der Waals surface area contributed by atoms with Crippen molar-refractivity contribution in [2.24, 2.45) is 5.92 Å². The lowest BCUT2D eigenvalue weighted by Crippen LogP contribution is -2.45. The van der Waals surface area contributed by atoms with Gasteiger partial charge in [0.05, 0.1) is 0 Å². The molecule has 0 aromatic rings. The summed E-state index contributed by atoms with van der Waals surface area (Å²) in [6.07, 6.45) is 6.08. The van der Waals surface area contributed by atoms with Gasteiger partial charge in [-0.1, -0.05) is 20.3 Å². The lowest BCUT2D eigenvalue weighted by Gasteiger charge is -2.30. The van der Waals surface area contributed by atoms with E-state index in [1.165, 1.54) is 32.2 Å². The number of aliphatic hydroxyl groups is 1. The molecule has 102 valence electrons. The van der Waals surface area contributed by atoms with E-state index in [9.17, 15) is 0 Å². The number of aliphatic hydroxyl groups excluding tert-OH is 1. The lowest BCUT2D eigenvalue weighted by atomic mass is 9.96. The average molecular weight is 242 g/mol. The highest BCUT2D eigenvalue weighted by molar-refractivity contribution is 4.80. The molecule has 3 heteroatoms. The summed E-state index contributed by atoms with van der Waals surface area (Å²) >= 11 is 0. The van der Waals surface area contributed by atoms with Crippen molar-refractivity contribution < 1.29 is 5.11 Å². The second-order valence-corrected chi connectivity index (χ2v) is 5.81. The average Bonchev–Trinajstić information content (AvgIpc) is 2.29. The first kappa shape index (κ1) is 14.9. The van der Waals surface area contributed by atoms with Crippen molar-refractivity contribution in [1.82, 2.24) is 10.6 Å². The third-order valence-corrected chi connectivity index (χ3v) is 3.79. The van der Waals surface area contributed by atoms with E-state index in [1.807, 2.05) is 0 Å². The van der Waals surface area contributed by atoms with Crippen molar-refractivity contribution in [3.8, 4) is 0 Å². The molecule has 0 aromatic heterocycles. The maximum Gasteiger partial charge on any atom is 0.0445 e. The SMILES string of the molecule is CC(CC1CCCCN1)NC(CCO)C(C)C. The molecule has 1 rings (SSSR count). The first-order valence-corrected chi connectivity index (χ1v) is 7.23. The second-order valence-electron chi connectivity index (χ2n) is 5.81. The van der Waals surface area contributed by atoms with Gasteiger partial charge < -0.3 is 15.7 Å². The van der Waals surface area contributed by atoms with Crippen molar-refractivity contribution in [2.45, 2.75) is 71.0 Å². The molecule has 1 fully saturated rings. The molecular weight excluding hydrogens is 212 g/mol. The van der Waals surface area contributed by atoms with E-state index in [2.05, 4.69) is 31.4 Å². The van der Waals surface area contributed by atoms with Gasteiger partial charge in [-0.3, -0.25) is 0 Å². The van der Waals surface area contributed by atoms with Crippen LogP contribution in [-0.4, -0.2) is 36.4 Å². The fourth-order valence-electron chi connectivity index (χ4n) is 2.73. The number of nitrogens with one attached hydrogen (secondary N) is 2. The summed E-state index contributed by atoms with van der Waals surface area (Å²) < 4.78 is 0. The molecule has 0 radical (unpaired) electrons. The monoisotopic (exact) mass is 242 g/mol. The van der Waals surface area contributed by atoms with Gasteiger partial charge in [0.25, 0.3) is 0 Å². The number of rotatable bonds is 7. The Balaban J connectivity index is 2.27. The highest BCUT2D eigenvalue weighted by Crippen LogP contribution is 2.14. The fraction of sp³-hybridized carbons (Fsp3) is 1.00. The second kappa shape index (κ2) is 8.06. The van der Waals surface area contributed by atoms with E-state index in [-0.39, 0.29) is 6.61 Å². The van der Waals surface area contributed by atoms with Crippen LogP contribution < -0.4 is 10.6 Å². The van der Waals surface area contributed by atoms with Crippen LogP contribution in [0.2, 0.25) is 0 Å². The van der Waals surface area contributed by atoms with Crippen molar-refractivity contribution >= 4 is 0 Å². The summed E-state index contributed by atoms with van der Waals surface area (Å²) in [4.78, 5) is 0. The Hall–Kier alpha value is -0.120. The normalized spacial score (nSPS) is 24.9. The number of hydrogen-bond donors (Lipinski definition) is 3. The van der Waals surface area contributed by atoms with Crippen molar-refractivity contribution in [3.63, 3.8) is 0 Å². The highest BCUT2D eigenvalue weighted by Gasteiger charge is 2.19. The minimum absolute atomic E-state index is 0.282. The van der Waals surface area contributed by atoms with Crippen LogP contribution in [0, 0.1) is 5.92 Å². The maximum absolute atomic E-state index is 9.07. The van der Waals surface area contributed by atoms with Crippen molar-refractivity contribution in [3.05, 3.63) is 0 Å². The quantitative estimate of drug-likeness (QED) is 0.639. The lowest BCUT2D eigenvalue weighted by molar-refractivity contribution is 0.229. The summed E-state index contributed by atoms with van der Waals surface area (Å²) in [5.41, 5.74) is 0. The Morgan fingerprint density at radius 2 is 2.06 bits per heavy atom. The van der Waals surface area contributed by atoms with Crippen molar-refractivity contribution in [1.29, 1.82) is 0 Å². The summed E-state index contributed by atoms with van der Waals surface area (Å²) in [6.45, 7) is 8.17. The zero-order valence-electron chi connectivity index (χ0n) is 11.7. The van der Waals surface area contributed by atoms with Gasteiger partial charge in [0.15, 0.2) is 0 Å². The summed E-state index contributed by atoms with van der Waals surface area (Å²) in [7, 11) is 0. The summed E-state index contributed by atoms with van der Waals surface area (Å²) in [6, 6.07) is 1.66. The number of hydrogen-bond acceptors (Lipinski definition) is 3. The first-order valence-electron chi connectivity index (χ1n) is 7.23. The zero-order chi connectivity index (χ0) is 12.7. The molecule has 3 atom stereocenters. The predicted molar refractivity (Wildman–Crippen MR) is 73.2 cm³/mol. The van der Waals surface area contributed by atoms with E-state index in [1.54, 1.807) is 0 Å². The molecule has 3 unspecified atom stereocenters. The van der Waals surface area contributed by atoms with Crippen LogP contribution in [0.25, 0.3) is 0 Å². The minimum Gasteiger partial charge on any atom is -0.396 e. The third kappa shape index (κ3) is 5.84. The van der Waals surface area contributed by atoms with Crippen LogP contribution in [0.4, 0.5) is 0 Å². The van der Waals surface area contributed by atoms with Gasteiger partial charge in [0.2, 0.25) is 0 Å². The van der Waals surface area contributed by atoms with Gasteiger partial charge >= 0.3 is 0 Å². The fourth-order valence-corrected chi connectivity index (χ4v) is 2.73. The molecule has 0 amide bonds. The Kier molecular flexibility index (Phi) is 7.09. The minimum atomic E-state index is 0.282. The molecule has 1 heterocycles. The highest BCUT2D eigenvalue weighted by atomic mass is 16.3. The van der Waals surface area contributed by atoms with Crippen LogP contribution in [0.15, 0.2) is 0 Å². The summed E-state index contributed by atoms with van der Waals surface area (Å²) in [5, 5.41) is 16.3. The predicted octanol–water partition coefficient (Wildman–Crippen LogP) is 1.90. The van der Waals surface area contributed by atoms with Crippen LogP contribution in [0.3, 0.4) is 0 Å². The van der Waals surface area contributed by atoms with E-state index in [4.69, 9.17) is 5.11 Å². The third-order valence-electron chi connectivity index (χ3n) is 3.79. The zero-order valence-corrected chi connectivity index (χ0v) is 11.7. The molecule has 0 aliphatic carbocycles. The molecule has 1 aliphatic heterocycles.